The van der Waals surface area contributed by atoms with Crippen LogP contribution in [0.2, 0.25) is 0 Å². The Labute approximate surface area is 105 Å². The monoisotopic (exact) mass is 255 g/mol. The SMILES string of the molecule is CN(NC(=O)OC(C)(C)C)C(=O)c1ncn(C)n1. The Hall–Kier alpha value is -2.12. The van der Waals surface area contributed by atoms with Crippen LogP contribution in [0.1, 0.15) is 31.4 Å². The van der Waals surface area contributed by atoms with Crippen LogP contribution in [0.4, 0.5) is 4.79 Å². The lowest BCUT2D eigenvalue weighted by Crippen LogP contribution is -2.45. The van der Waals surface area contributed by atoms with Crippen LogP contribution >= 0.6 is 0 Å². The highest BCUT2D eigenvalue weighted by atomic mass is 16.6. The highest BCUT2D eigenvalue weighted by Gasteiger charge is 2.21. The van der Waals surface area contributed by atoms with Gasteiger partial charge in [-0.25, -0.2) is 20.2 Å². The van der Waals surface area contributed by atoms with Gasteiger partial charge in [0, 0.05) is 14.1 Å². The minimum absolute atomic E-state index is 0.00365. The van der Waals surface area contributed by atoms with Crippen molar-refractivity contribution in [2.45, 2.75) is 26.4 Å². The summed E-state index contributed by atoms with van der Waals surface area (Å²) >= 11 is 0. The first-order valence-corrected chi connectivity index (χ1v) is 5.32. The van der Waals surface area contributed by atoms with Crippen molar-refractivity contribution < 1.29 is 14.3 Å². The van der Waals surface area contributed by atoms with Crippen molar-refractivity contribution in [3.63, 3.8) is 0 Å². The Morgan fingerprint density at radius 3 is 2.50 bits per heavy atom. The molecule has 0 aliphatic rings. The average Bonchev–Trinajstić information content (AvgIpc) is 2.60. The van der Waals surface area contributed by atoms with Gasteiger partial charge < -0.3 is 4.74 Å². The molecule has 1 aromatic heterocycles. The smallest absolute Gasteiger partial charge is 0.426 e. The molecule has 1 aromatic rings. The Bertz CT molecular complexity index is 449. The van der Waals surface area contributed by atoms with E-state index in [4.69, 9.17) is 4.74 Å². The van der Waals surface area contributed by atoms with Crippen molar-refractivity contribution in [3.8, 4) is 0 Å². The van der Waals surface area contributed by atoms with Gasteiger partial charge in [-0.1, -0.05) is 0 Å². The van der Waals surface area contributed by atoms with E-state index in [0.29, 0.717) is 0 Å². The van der Waals surface area contributed by atoms with Crippen LogP contribution in [0.5, 0.6) is 0 Å². The molecule has 8 heteroatoms. The molecule has 100 valence electrons. The molecule has 0 spiro atoms. The van der Waals surface area contributed by atoms with Crippen molar-refractivity contribution in [1.82, 2.24) is 25.2 Å². The number of nitrogens with one attached hydrogen (secondary N) is 1. The maximum atomic E-state index is 11.8. The number of aryl methyl sites for hydroxylation is 1. The highest BCUT2D eigenvalue weighted by molar-refractivity contribution is 5.91. The van der Waals surface area contributed by atoms with Crippen molar-refractivity contribution in [2.75, 3.05) is 7.05 Å². The minimum Gasteiger partial charge on any atom is -0.443 e. The fourth-order valence-electron chi connectivity index (χ4n) is 1.08. The van der Waals surface area contributed by atoms with Gasteiger partial charge in [-0.2, -0.15) is 0 Å². The van der Waals surface area contributed by atoms with Crippen LogP contribution in [-0.2, 0) is 11.8 Å². The molecule has 0 aromatic carbocycles. The predicted molar refractivity (Wildman–Crippen MR) is 62.5 cm³/mol. The molecule has 0 atom stereocenters. The quantitative estimate of drug-likeness (QED) is 0.730. The lowest BCUT2D eigenvalue weighted by Gasteiger charge is -2.22. The second-order valence-corrected chi connectivity index (χ2v) is 4.72. The van der Waals surface area contributed by atoms with Crippen molar-refractivity contribution in [1.29, 1.82) is 0 Å². The van der Waals surface area contributed by atoms with Gasteiger partial charge in [-0.3, -0.25) is 9.48 Å². The molecule has 8 nitrogen and oxygen atoms in total. The van der Waals surface area contributed by atoms with E-state index in [2.05, 4.69) is 15.5 Å². The summed E-state index contributed by atoms with van der Waals surface area (Å²) in [7, 11) is 3.04. The molecular weight excluding hydrogens is 238 g/mol. The van der Waals surface area contributed by atoms with Crippen LogP contribution in [0, 0.1) is 0 Å². The third-order valence-corrected chi connectivity index (χ3v) is 1.75. The Kier molecular flexibility index (Phi) is 3.89. The van der Waals surface area contributed by atoms with Gasteiger partial charge in [0.1, 0.15) is 11.9 Å². The van der Waals surface area contributed by atoms with E-state index >= 15 is 0 Å². The second kappa shape index (κ2) is 5.03. The van der Waals surface area contributed by atoms with Gasteiger partial charge in [0.15, 0.2) is 0 Å². The number of hydrogen-bond donors (Lipinski definition) is 1. The molecule has 0 saturated carbocycles. The number of hydrogen-bond acceptors (Lipinski definition) is 5. The van der Waals surface area contributed by atoms with Gasteiger partial charge in [0.05, 0.1) is 0 Å². The Morgan fingerprint density at radius 2 is 2.06 bits per heavy atom. The Morgan fingerprint density at radius 1 is 1.44 bits per heavy atom. The molecule has 0 unspecified atom stereocenters. The van der Waals surface area contributed by atoms with Crippen molar-refractivity contribution in [3.05, 3.63) is 12.2 Å². The number of ether oxygens (including phenoxy) is 1. The first kappa shape index (κ1) is 13.9. The lowest BCUT2D eigenvalue weighted by atomic mass is 10.2. The number of carbonyl (C=O) groups is 2. The van der Waals surface area contributed by atoms with Crippen molar-refractivity contribution >= 4 is 12.0 Å². The average molecular weight is 255 g/mol. The zero-order valence-electron chi connectivity index (χ0n) is 11.1. The van der Waals surface area contributed by atoms with E-state index in [1.165, 1.54) is 18.1 Å². The van der Waals surface area contributed by atoms with Gasteiger partial charge in [-0.05, 0) is 20.8 Å². The normalized spacial score (nSPS) is 10.9. The third kappa shape index (κ3) is 4.04. The predicted octanol–water partition coefficient (Wildman–Crippen LogP) is 0.327. The summed E-state index contributed by atoms with van der Waals surface area (Å²) in [6.45, 7) is 5.19. The van der Waals surface area contributed by atoms with Crippen LogP contribution < -0.4 is 5.43 Å². The summed E-state index contributed by atoms with van der Waals surface area (Å²) in [5.41, 5.74) is 1.65. The molecule has 0 saturated heterocycles. The minimum atomic E-state index is -0.714. The van der Waals surface area contributed by atoms with E-state index in [-0.39, 0.29) is 5.82 Å². The largest absolute Gasteiger partial charge is 0.443 e. The summed E-state index contributed by atoms with van der Waals surface area (Å²) < 4.78 is 6.41. The van der Waals surface area contributed by atoms with E-state index in [1.54, 1.807) is 27.8 Å². The fourth-order valence-corrected chi connectivity index (χ4v) is 1.08. The van der Waals surface area contributed by atoms with E-state index < -0.39 is 17.6 Å². The Balaban J connectivity index is 2.58. The zero-order valence-corrected chi connectivity index (χ0v) is 11.1. The van der Waals surface area contributed by atoms with Gasteiger partial charge in [0.25, 0.3) is 0 Å². The summed E-state index contributed by atoms with van der Waals surface area (Å²) in [5.74, 6) is -0.530. The molecule has 0 aliphatic heterocycles. The van der Waals surface area contributed by atoms with Gasteiger partial charge >= 0.3 is 12.0 Å². The molecule has 0 bridgehead atoms. The number of nitrogens with zero attached hydrogens (tertiary/aromatic N) is 4. The van der Waals surface area contributed by atoms with Crippen LogP contribution in [0.25, 0.3) is 0 Å². The summed E-state index contributed by atoms with van der Waals surface area (Å²) in [5, 5.41) is 4.81. The molecule has 1 N–H and O–H groups in total. The molecule has 1 heterocycles. The topological polar surface area (TPSA) is 89.4 Å². The molecule has 2 amide bonds. The fraction of sp³-hybridized carbons (Fsp3) is 0.600. The zero-order chi connectivity index (χ0) is 13.9. The third-order valence-electron chi connectivity index (χ3n) is 1.75. The molecule has 0 aliphatic carbocycles. The maximum absolute atomic E-state index is 11.8. The standard InChI is InChI=1S/C10H17N5O3/c1-10(2,3)18-9(17)13-15(5)8(16)7-11-6-14(4)12-7/h6H,1-5H3,(H,13,17). The first-order valence-electron chi connectivity index (χ1n) is 5.32. The number of hydrazine groups is 1. The summed E-state index contributed by atoms with van der Waals surface area (Å²) in [4.78, 5) is 27.0. The maximum Gasteiger partial charge on any atom is 0.426 e. The van der Waals surface area contributed by atoms with Gasteiger partial charge in [-0.15, -0.1) is 5.10 Å². The summed E-state index contributed by atoms with van der Waals surface area (Å²) in [6.07, 6.45) is 0.684. The first-order chi connectivity index (χ1) is 8.19. The summed E-state index contributed by atoms with van der Waals surface area (Å²) in [6, 6.07) is 0. The van der Waals surface area contributed by atoms with Crippen LogP contribution in [0.15, 0.2) is 6.33 Å². The highest BCUT2D eigenvalue weighted by Crippen LogP contribution is 2.06. The van der Waals surface area contributed by atoms with Crippen LogP contribution in [0.3, 0.4) is 0 Å². The molecule has 0 fully saturated rings. The van der Waals surface area contributed by atoms with Crippen LogP contribution in [-0.4, -0.2) is 44.4 Å². The number of aromatic nitrogens is 3. The molecule has 18 heavy (non-hydrogen) atoms. The second-order valence-electron chi connectivity index (χ2n) is 4.72. The lowest BCUT2D eigenvalue weighted by molar-refractivity contribution is 0.0331. The number of carbonyl (C=O) groups excluding carboxylic acids is 2. The van der Waals surface area contributed by atoms with Crippen molar-refractivity contribution in [2.24, 2.45) is 7.05 Å². The molecule has 1 rings (SSSR count). The number of amides is 2. The molecular formula is C10H17N5O3. The van der Waals surface area contributed by atoms with Gasteiger partial charge in [0.2, 0.25) is 5.82 Å². The van der Waals surface area contributed by atoms with E-state index in [0.717, 1.165) is 5.01 Å². The van der Waals surface area contributed by atoms with E-state index in [9.17, 15) is 9.59 Å². The molecule has 0 radical (unpaired) electrons. The number of rotatable bonds is 1. The van der Waals surface area contributed by atoms with E-state index in [1.807, 2.05) is 0 Å².